The number of benzene rings is 2. The standard InChI is InChI=1S/C19H20FN3O2/c20-16-9-7-14(8-10-16)17-2-1-11-23(17)18(24)15-5-3-13(4-6-15)12-22-19(21)25/h3-10,17H,1-2,11-12H2,(H3,21,22,25). The molecule has 2 aromatic carbocycles. The number of hydrogen-bond acceptors (Lipinski definition) is 2. The van der Waals surface area contributed by atoms with Crippen LogP contribution in [0, 0.1) is 5.82 Å². The van der Waals surface area contributed by atoms with Gasteiger partial charge in [0.2, 0.25) is 0 Å². The molecule has 0 saturated carbocycles. The van der Waals surface area contributed by atoms with E-state index in [9.17, 15) is 14.0 Å². The van der Waals surface area contributed by atoms with Crippen molar-refractivity contribution in [3.05, 3.63) is 71.0 Å². The van der Waals surface area contributed by atoms with E-state index < -0.39 is 6.03 Å². The van der Waals surface area contributed by atoms with Crippen LogP contribution in [-0.4, -0.2) is 23.4 Å². The molecular weight excluding hydrogens is 321 g/mol. The lowest BCUT2D eigenvalue weighted by Gasteiger charge is -2.25. The van der Waals surface area contributed by atoms with Crippen molar-refractivity contribution in [2.24, 2.45) is 5.73 Å². The Morgan fingerprint density at radius 1 is 1.12 bits per heavy atom. The zero-order valence-electron chi connectivity index (χ0n) is 13.7. The highest BCUT2D eigenvalue weighted by molar-refractivity contribution is 5.94. The summed E-state index contributed by atoms with van der Waals surface area (Å²) in [5.41, 5.74) is 7.46. The highest BCUT2D eigenvalue weighted by Crippen LogP contribution is 2.33. The molecule has 1 atom stereocenters. The summed E-state index contributed by atoms with van der Waals surface area (Å²) in [6.45, 7) is 1.01. The molecule has 130 valence electrons. The number of likely N-dealkylation sites (tertiary alicyclic amines) is 1. The van der Waals surface area contributed by atoms with Crippen molar-refractivity contribution in [2.45, 2.75) is 25.4 Å². The first-order valence-electron chi connectivity index (χ1n) is 8.23. The number of urea groups is 1. The van der Waals surface area contributed by atoms with Gasteiger partial charge in [-0.1, -0.05) is 24.3 Å². The lowest BCUT2D eigenvalue weighted by molar-refractivity contribution is 0.0735. The summed E-state index contributed by atoms with van der Waals surface area (Å²) in [5, 5.41) is 2.51. The molecule has 1 saturated heterocycles. The molecule has 0 bridgehead atoms. The molecule has 3 rings (SSSR count). The van der Waals surface area contributed by atoms with Crippen LogP contribution in [0.1, 0.15) is 40.4 Å². The first-order valence-corrected chi connectivity index (χ1v) is 8.23. The van der Waals surface area contributed by atoms with E-state index in [0.29, 0.717) is 18.7 Å². The number of nitrogens with two attached hydrogens (primary N) is 1. The molecule has 1 unspecified atom stereocenters. The Bertz CT molecular complexity index is 759. The van der Waals surface area contributed by atoms with Gasteiger partial charge in [-0.3, -0.25) is 4.79 Å². The van der Waals surface area contributed by atoms with Crippen molar-refractivity contribution >= 4 is 11.9 Å². The minimum Gasteiger partial charge on any atom is -0.352 e. The Morgan fingerprint density at radius 2 is 1.80 bits per heavy atom. The predicted octanol–water partition coefficient (Wildman–Crippen LogP) is 2.97. The van der Waals surface area contributed by atoms with E-state index in [4.69, 9.17) is 5.73 Å². The minimum absolute atomic E-state index is 0.0238. The molecule has 0 aliphatic carbocycles. The normalized spacial score (nSPS) is 16.7. The number of primary amides is 1. The van der Waals surface area contributed by atoms with Gasteiger partial charge >= 0.3 is 6.03 Å². The van der Waals surface area contributed by atoms with Crippen LogP contribution in [0.15, 0.2) is 48.5 Å². The third-order valence-electron chi connectivity index (χ3n) is 4.44. The number of nitrogens with zero attached hydrogens (tertiary/aromatic N) is 1. The van der Waals surface area contributed by atoms with Gasteiger partial charge in [0.1, 0.15) is 5.82 Å². The number of hydrogen-bond donors (Lipinski definition) is 2. The number of nitrogens with one attached hydrogen (secondary N) is 1. The summed E-state index contributed by atoms with van der Waals surface area (Å²) in [7, 11) is 0. The SMILES string of the molecule is NC(=O)NCc1ccc(C(=O)N2CCCC2c2ccc(F)cc2)cc1. The van der Waals surface area contributed by atoms with Crippen LogP contribution in [0.25, 0.3) is 0 Å². The summed E-state index contributed by atoms with van der Waals surface area (Å²) in [6, 6.07) is 12.8. The van der Waals surface area contributed by atoms with Crippen LogP contribution >= 0.6 is 0 Å². The van der Waals surface area contributed by atoms with Crippen molar-refractivity contribution in [1.82, 2.24) is 10.2 Å². The lowest BCUT2D eigenvalue weighted by Crippen LogP contribution is -2.30. The van der Waals surface area contributed by atoms with Crippen molar-refractivity contribution in [3.8, 4) is 0 Å². The van der Waals surface area contributed by atoms with E-state index in [-0.39, 0.29) is 17.8 Å². The predicted molar refractivity (Wildman–Crippen MR) is 92.3 cm³/mol. The van der Waals surface area contributed by atoms with Gasteiger partial charge in [-0.2, -0.15) is 0 Å². The third-order valence-corrected chi connectivity index (χ3v) is 4.44. The number of carbonyl (C=O) groups is 2. The first kappa shape index (κ1) is 17.0. The molecule has 0 spiro atoms. The van der Waals surface area contributed by atoms with Crippen LogP contribution < -0.4 is 11.1 Å². The fourth-order valence-electron chi connectivity index (χ4n) is 3.16. The summed E-state index contributed by atoms with van der Waals surface area (Å²) in [6.07, 6.45) is 1.80. The Morgan fingerprint density at radius 3 is 2.44 bits per heavy atom. The quantitative estimate of drug-likeness (QED) is 0.897. The second-order valence-corrected chi connectivity index (χ2v) is 6.12. The Hall–Kier alpha value is -2.89. The fourth-order valence-corrected chi connectivity index (χ4v) is 3.16. The van der Waals surface area contributed by atoms with Gasteiger partial charge in [0, 0.05) is 18.7 Å². The molecule has 3 N–H and O–H groups in total. The van der Waals surface area contributed by atoms with Gasteiger partial charge in [-0.05, 0) is 48.2 Å². The maximum absolute atomic E-state index is 13.1. The minimum atomic E-state index is -0.584. The Balaban J connectivity index is 1.73. The summed E-state index contributed by atoms with van der Waals surface area (Å²) >= 11 is 0. The molecule has 1 fully saturated rings. The number of amides is 3. The van der Waals surface area contributed by atoms with E-state index in [2.05, 4.69) is 5.32 Å². The van der Waals surface area contributed by atoms with E-state index >= 15 is 0 Å². The molecule has 3 amide bonds. The van der Waals surface area contributed by atoms with E-state index in [1.54, 1.807) is 36.4 Å². The van der Waals surface area contributed by atoms with Gasteiger partial charge in [0.15, 0.2) is 0 Å². The highest BCUT2D eigenvalue weighted by atomic mass is 19.1. The summed E-state index contributed by atoms with van der Waals surface area (Å²) in [4.78, 5) is 25.4. The molecule has 1 aliphatic heterocycles. The van der Waals surface area contributed by atoms with Crippen LogP contribution in [0.4, 0.5) is 9.18 Å². The number of rotatable bonds is 4. The van der Waals surface area contributed by atoms with Gasteiger partial charge in [-0.25, -0.2) is 9.18 Å². The topological polar surface area (TPSA) is 75.4 Å². The van der Waals surface area contributed by atoms with Gasteiger partial charge < -0.3 is 16.0 Å². The zero-order chi connectivity index (χ0) is 17.8. The lowest BCUT2D eigenvalue weighted by atomic mass is 10.0. The van der Waals surface area contributed by atoms with Crippen LogP contribution in [0.3, 0.4) is 0 Å². The fraction of sp³-hybridized carbons (Fsp3) is 0.263. The van der Waals surface area contributed by atoms with Crippen molar-refractivity contribution in [2.75, 3.05) is 6.54 Å². The average molecular weight is 341 g/mol. The molecule has 0 radical (unpaired) electrons. The number of halogens is 1. The third kappa shape index (κ3) is 3.96. The van der Waals surface area contributed by atoms with Crippen LogP contribution in [0.2, 0.25) is 0 Å². The molecule has 25 heavy (non-hydrogen) atoms. The van der Waals surface area contributed by atoms with E-state index in [1.165, 1.54) is 12.1 Å². The largest absolute Gasteiger partial charge is 0.352 e. The maximum Gasteiger partial charge on any atom is 0.312 e. The van der Waals surface area contributed by atoms with Crippen LogP contribution in [-0.2, 0) is 6.54 Å². The monoisotopic (exact) mass is 341 g/mol. The molecule has 1 aliphatic rings. The molecular formula is C19H20FN3O2. The van der Waals surface area contributed by atoms with Gasteiger partial charge in [0.05, 0.1) is 6.04 Å². The van der Waals surface area contributed by atoms with E-state index in [1.807, 2.05) is 4.90 Å². The summed E-state index contributed by atoms with van der Waals surface area (Å²) < 4.78 is 13.1. The van der Waals surface area contributed by atoms with Crippen LogP contribution in [0.5, 0.6) is 0 Å². The molecule has 5 nitrogen and oxygen atoms in total. The molecule has 6 heteroatoms. The second-order valence-electron chi connectivity index (χ2n) is 6.12. The van der Waals surface area contributed by atoms with E-state index in [0.717, 1.165) is 24.0 Å². The molecule has 1 heterocycles. The first-order chi connectivity index (χ1) is 12.0. The molecule has 0 aromatic heterocycles. The Kier molecular flexibility index (Phi) is 4.97. The van der Waals surface area contributed by atoms with Crippen molar-refractivity contribution in [3.63, 3.8) is 0 Å². The average Bonchev–Trinajstić information content (AvgIpc) is 3.10. The Labute approximate surface area is 145 Å². The van der Waals surface area contributed by atoms with Crippen molar-refractivity contribution < 1.29 is 14.0 Å². The second kappa shape index (κ2) is 7.34. The smallest absolute Gasteiger partial charge is 0.312 e. The number of carbonyl (C=O) groups excluding carboxylic acids is 2. The van der Waals surface area contributed by atoms with Gasteiger partial charge in [0.25, 0.3) is 5.91 Å². The van der Waals surface area contributed by atoms with Gasteiger partial charge in [-0.15, -0.1) is 0 Å². The van der Waals surface area contributed by atoms with Crippen molar-refractivity contribution in [1.29, 1.82) is 0 Å². The molecule has 2 aromatic rings. The maximum atomic E-state index is 13.1. The zero-order valence-corrected chi connectivity index (χ0v) is 13.7. The highest BCUT2D eigenvalue weighted by Gasteiger charge is 2.30. The summed E-state index contributed by atoms with van der Waals surface area (Å²) in [5.74, 6) is -0.319.